The Hall–Kier alpha value is -0.570. The van der Waals surface area contributed by atoms with E-state index in [0.717, 1.165) is 6.54 Å². The average molecular weight is 241 g/mol. The van der Waals surface area contributed by atoms with Gasteiger partial charge in [0.1, 0.15) is 5.60 Å². The third-order valence-corrected chi connectivity index (χ3v) is 3.12. The molecule has 0 aromatic heterocycles. The molecule has 0 spiro atoms. The lowest BCUT2D eigenvalue weighted by molar-refractivity contribution is -0.156. The number of hydrogen-bond donors (Lipinski definition) is 0. The fraction of sp³-hybridized carbons (Fsp3) is 0.929. The van der Waals surface area contributed by atoms with Gasteiger partial charge in [-0.2, -0.15) is 0 Å². The van der Waals surface area contributed by atoms with Crippen molar-refractivity contribution in [1.29, 1.82) is 0 Å². The smallest absolute Gasteiger partial charge is 0.320 e. The van der Waals surface area contributed by atoms with Gasteiger partial charge in [0.25, 0.3) is 0 Å². The van der Waals surface area contributed by atoms with E-state index in [-0.39, 0.29) is 17.0 Å². The molecule has 0 bridgehead atoms. The molecule has 1 fully saturated rings. The van der Waals surface area contributed by atoms with Gasteiger partial charge in [0.15, 0.2) is 0 Å². The minimum absolute atomic E-state index is 0.103. The first-order chi connectivity index (χ1) is 7.59. The van der Waals surface area contributed by atoms with E-state index in [4.69, 9.17) is 4.74 Å². The zero-order valence-electron chi connectivity index (χ0n) is 12.2. The summed E-state index contributed by atoms with van der Waals surface area (Å²) in [5.41, 5.74) is -0.146. The van der Waals surface area contributed by atoms with E-state index in [1.807, 2.05) is 20.8 Å². The van der Waals surface area contributed by atoms with Crippen LogP contribution in [0.25, 0.3) is 0 Å². The second-order valence-electron chi connectivity index (χ2n) is 7.08. The van der Waals surface area contributed by atoms with E-state index in [1.165, 1.54) is 12.8 Å². The lowest BCUT2D eigenvalue weighted by Gasteiger charge is -2.35. The first-order valence-electron chi connectivity index (χ1n) is 6.55. The number of likely N-dealkylation sites (tertiary alicyclic amines) is 1. The van der Waals surface area contributed by atoms with Gasteiger partial charge in [0.2, 0.25) is 0 Å². The Morgan fingerprint density at radius 2 is 1.82 bits per heavy atom. The minimum Gasteiger partial charge on any atom is -0.459 e. The van der Waals surface area contributed by atoms with Crippen LogP contribution in [0.15, 0.2) is 0 Å². The van der Waals surface area contributed by atoms with E-state index < -0.39 is 0 Å². The van der Waals surface area contributed by atoms with Gasteiger partial charge in [0, 0.05) is 6.04 Å². The molecule has 0 N–H and O–H groups in total. The number of carbonyl (C=O) groups is 1. The molecule has 1 aliphatic rings. The van der Waals surface area contributed by atoms with Crippen LogP contribution in [0.4, 0.5) is 0 Å². The highest BCUT2D eigenvalue weighted by atomic mass is 16.6. The highest BCUT2D eigenvalue weighted by molar-refractivity contribution is 5.72. The molecule has 3 nitrogen and oxygen atoms in total. The van der Waals surface area contributed by atoms with E-state index in [0.29, 0.717) is 12.6 Å². The van der Waals surface area contributed by atoms with Gasteiger partial charge in [-0.25, -0.2) is 0 Å². The fourth-order valence-corrected chi connectivity index (χ4v) is 2.54. The first kappa shape index (κ1) is 14.5. The predicted octanol–water partition coefficient (Wildman–Crippen LogP) is 2.84. The Morgan fingerprint density at radius 3 is 2.29 bits per heavy atom. The Bertz CT molecular complexity index is 273. The lowest BCUT2D eigenvalue weighted by Crippen LogP contribution is -2.43. The van der Waals surface area contributed by atoms with Crippen molar-refractivity contribution < 1.29 is 9.53 Å². The predicted molar refractivity (Wildman–Crippen MR) is 69.9 cm³/mol. The highest BCUT2D eigenvalue weighted by Crippen LogP contribution is 2.32. The molecular weight excluding hydrogens is 214 g/mol. The van der Waals surface area contributed by atoms with Gasteiger partial charge in [0.05, 0.1) is 6.54 Å². The maximum absolute atomic E-state index is 11.8. The summed E-state index contributed by atoms with van der Waals surface area (Å²) in [5.74, 6) is -0.103. The summed E-state index contributed by atoms with van der Waals surface area (Å²) >= 11 is 0. The lowest BCUT2D eigenvalue weighted by atomic mass is 9.85. The summed E-state index contributed by atoms with van der Waals surface area (Å²) in [6.45, 7) is 13.9. The number of esters is 1. The van der Waals surface area contributed by atoms with Crippen LogP contribution >= 0.6 is 0 Å². The molecule has 0 aliphatic carbocycles. The second-order valence-corrected chi connectivity index (χ2v) is 7.08. The molecule has 1 aliphatic heterocycles. The van der Waals surface area contributed by atoms with E-state index in [2.05, 4.69) is 25.7 Å². The summed E-state index contributed by atoms with van der Waals surface area (Å²) in [6, 6.07) is 0.495. The van der Waals surface area contributed by atoms with Gasteiger partial charge in [-0.05, 0) is 45.6 Å². The standard InChI is InChI=1S/C14H27NO2/c1-13(2,3)11-8-7-9-15(11)10-12(16)17-14(4,5)6/h11H,7-10H2,1-6H3. The summed E-state index contributed by atoms with van der Waals surface area (Å²) in [7, 11) is 0. The van der Waals surface area contributed by atoms with E-state index in [1.54, 1.807) is 0 Å². The Kier molecular flexibility index (Phi) is 4.23. The summed E-state index contributed by atoms with van der Waals surface area (Å²) in [6.07, 6.45) is 2.37. The van der Waals surface area contributed by atoms with E-state index in [9.17, 15) is 4.79 Å². The van der Waals surface area contributed by atoms with Crippen LogP contribution in [0.3, 0.4) is 0 Å². The number of ether oxygens (including phenoxy) is 1. The van der Waals surface area contributed by atoms with Crippen LogP contribution < -0.4 is 0 Å². The van der Waals surface area contributed by atoms with Crippen LogP contribution in [-0.2, 0) is 9.53 Å². The number of carbonyl (C=O) groups excluding carboxylic acids is 1. The minimum atomic E-state index is -0.381. The van der Waals surface area contributed by atoms with Gasteiger partial charge in [-0.15, -0.1) is 0 Å². The van der Waals surface area contributed by atoms with E-state index >= 15 is 0 Å². The highest BCUT2D eigenvalue weighted by Gasteiger charge is 2.35. The van der Waals surface area contributed by atoms with Crippen LogP contribution in [0.1, 0.15) is 54.4 Å². The monoisotopic (exact) mass is 241 g/mol. The van der Waals surface area contributed by atoms with Crippen molar-refractivity contribution in [2.75, 3.05) is 13.1 Å². The Balaban J connectivity index is 2.54. The Morgan fingerprint density at radius 1 is 1.24 bits per heavy atom. The molecule has 0 radical (unpaired) electrons. The molecule has 3 heteroatoms. The number of rotatable bonds is 2. The zero-order chi connectivity index (χ0) is 13.3. The van der Waals surface area contributed by atoms with Crippen molar-refractivity contribution >= 4 is 5.97 Å². The maximum Gasteiger partial charge on any atom is 0.320 e. The topological polar surface area (TPSA) is 29.5 Å². The Labute approximate surface area is 106 Å². The zero-order valence-corrected chi connectivity index (χ0v) is 12.2. The molecule has 100 valence electrons. The van der Waals surface area contributed by atoms with Crippen molar-refractivity contribution in [3.8, 4) is 0 Å². The molecule has 1 heterocycles. The quantitative estimate of drug-likeness (QED) is 0.696. The molecular formula is C14H27NO2. The second kappa shape index (κ2) is 4.97. The van der Waals surface area contributed by atoms with Crippen molar-refractivity contribution in [3.05, 3.63) is 0 Å². The molecule has 17 heavy (non-hydrogen) atoms. The first-order valence-corrected chi connectivity index (χ1v) is 6.55. The molecule has 1 saturated heterocycles. The van der Waals surface area contributed by atoms with Gasteiger partial charge in [-0.1, -0.05) is 20.8 Å². The third kappa shape index (κ3) is 4.66. The van der Waals surface area contributed by atoms with Crippen LogP contribution in [0.2, 0.25) is 0 Å². The third-order valence-electron chi connectivity index (χ3n) is 3.12. The summed E-state index contributed by atoms with van der Waals surface area (Å²) < 4.78 is 5.38. The van der Waals surface area contributed by atoms with Crippen molar-refractivity contribution in [1.82, 2.24) is 4.90 Å². The molecule has 1 rings (SSSR count). The number of nitrogens with zero attached hydrogens (tertiary/aromatic N) is 1. The summed E-state index contributed by atoms with van der Waals surface area (Å²) in [5, 5.41) is 0. The fourth-order valence-electron chi connectivity index (χ4n) is 2.54. The van der Waals surface area contributed by atoms with Crippen molar-refractivity contribution in [2.45, 2.75) is 66.0 Å². The maximum atomic E-state index is 11.8. The van der Waals surface area contributed by atoms with Gasteiger partial charge < -0.3 is 4.74 Å². The number of hydrogen-bond acceptors (Lipinski definition) is 3. The largest absolute Gasteiger partial charge is 0.459 e. The normalized spacial score (nSPS) is 22.8. The molecule has 1 atom stereocenters. The van der Waals surface area contributed by atoms with Gasteiger partial charge >= 0.3 is 5.97 Å². The average Bonchev–Trinajstić information content (AvgIpc) is 2.46. The van der Waals surface area contributed by atoms with Gasteiger partial charge in [-0.3, -0.25) is 9.69 Å². The molecule has 0 aromatic carbocycles. The van der Waals surface area contributed by atoms with Crippen LogP contribution in [0.5, 0.6) is 0 Å². The molecule has 0 saturated carbocycles. The molecule has 1 unspecified atom stereocenters. The molecule has 0 amide bonds. The van der Waals surface area contributed by atoms with Crippen molar-refractivity contribution in [3.63, 3.8) is 0 Å². The van der Waals surface area contributed by atoms with Crippen molar-refractivity contribution in [2.24, 2.45) is 5.41 Å². The summed E-state index contributed by atoms with van der Waals surface area (Å²) in [4.78, 5) is 14.1. The SMILES string of the molecule is CC(C)(C)OC(=O)CN1CCCC1C(C)(C)C. The van der Waals surface area contributed by atoms with Crippen LogP contribution in [-0.4, -0.2) is 35.6 Å². The van der Waals surface area contributed by atoms with Crippen LogP contribution in [0, 0.1) is 5.41 Å². The molecule has 0 aromatic rings.